The van der Waals surface area contributed by atoms with Gasteiger partial charge in [-0.25, -0.2) is 4.39 Å². The van der Waals surface area contributed by atoms with E-state index in [1.165, 1.54) is 6.07 Å². The SMILES string of the molecule is CCC(CNC(=NC)N1CCN(Cc2ccon2)CC1)Oc1ccccc1F.I. The van der Waals surface area contributed by atoms with Crippen LogP contribution in [0.4, 0.5) is 4.39 Å². The summed E-state index contributed by atoms with van der Waals surface area (Å²) in [6.45, 7) is 7.00. The van der Waals surface area contributed by atoms with Crippen LogP contribution < -0.4 is 10.1 Å². The zero-order valence-electron chi connectivity index (χ0n) is 16.9. The first kappa shape index (κ1) is 23.4. The normalized spacial score (nSPS) is 16.2. The van der Waals surface area contributed by atoms with Crippen molar-refractivity contribution in [1.29, 1.82) is 0 Å². The maximum atomic E-state index is 13.8. The molecule has 1 aromatic heterocycles. The fourth-order valence-electron chi connectivity index (χ4n) is 3.19. The Balaban J connectivity index is 0.00000300. The summed E-state index contributed by atoms with van der Waals surface area (Å²) >= 11 is 0. The van der Waals surface area contributed by atoms with Crippen molar-refractivity contribution in [3.8, 4) is 5.75 Å². The molecule has 0 aliphatic carbocycles. The quantitative estimate of drug-likeness (QED) is 0.346. The summed E-state index contributed by atoms with van der Waals surface area (Å²) < 4.78 is 24.5. The molecule has 9 heteroatoms. The molecule has 1 aromatic carbocycles. The number of hydrogen-bond donors (Lipinski definition) is 1. The van der Waals surface area contributed by atoms with Crippen LogP contribution in [0.15, 0.2) is 46.1 Å². The molecule has 29 heavy (non-hydrogen) atoms. The largest absolute Gasteiger partial charge is 0.486 e. The van der Waals surface area contributed by atoms with Gasteiger partial charge >= 0.3 is 0 Å². The van der Waals surface area contributed by atoms with E-state index in [2.05, 4.69) is 25.3 Å². The number of nitrogens with zero attached hydrogens (tertiary/aromatic N) is 4. The summed E-state index contributed by atoms with van der Waals surface area (Å²) in [6.07, 6.45) is 2.23. The Morgan fingerprint density at radius 3 is 2.66 bits per heavy atom. The highest BCUT2D eigenvalue weighted by Gasteiger charge is 2.21. The number of piperazine rings is 1. The molecule has 160 valence electrons. The Bertz CT molecular complexity index is 751. The van der Waals surface area contributed by atoms with Crippen molar-refractivity contribution in [2.45, 2.75) is 26.0 Å². The third kappa shape index (κ3) is 6.84. The highest BCUT2D eigenvalue weighted by molar-refractivity contribution is 14.0. The Kier molecular flexibility index (Phi) is 9.65. The van der Waals surface area contributed by atoms with Gasteiger partial charge in [-0.15, -0.1) is 24.0 Å². The van der Waals surface area contributed by atoms with Gasteiger partial charge in [0.05, 0.1) is 12.2 Å². The standard InChI is InChI=1S/C20H28FN5O2.HI/c1-3-17(28-19-7-5-4-6-18(19)21)14-23-20(22-2)26-11-9-25(10-12-26)15-16-8-13-27-24-16;/h4-8,13,17H,3,9-12,14-15H2,1-2H3,(H,22,23);1H. The van der Waals surface area contributed by atoms with Gasteiger partial charge in [0, 0.05) is 45.8 Å². The zero-order chi connectivity index (χ0) is 19.8. The van der Waals surface area contributed by atoms with Crippen LogP contribution in [-0.2, 0) is 6.54 Å². The predicted octanol–water partition coefficient (Wildman–Crippen LogP) is 2.98. The number of hydrogen-bond acceptors (Lipinski definition) is 5. The lowest BCUT2D eigenvalue weighted by Crippen LogP contribution is -2.53. The Morgan fingerprint density at radius 2 is 2.03 bits per heavy atom. The van der Waals surface area contributed by atoms with E-state index in [1.54, 1.807) is 31.5 Å². The van der Waals surface area contributed by atoms with Crippen LogP contribution in [0, 0.1) is 5.82 Å². The lowest BCUT2D eigenvalue weighted by molar-refractivity contribution is 0.164. The molecule has 7 nitrogen and oxygen atoms in total. The average molecular weight is 517 g/mol. The molecule has 1 unspecified atom stereocenters. The van der Waals surface area contributed by atoms with Crippen LogP contribution in [0.1, 0.15) is 19.0 Å². The van der Waals surface area contributed by atoms with Crippen molar-refractivity contribution < 1.29 is 13.7 Å². The molecule has 0 bridgehead atoms. The van der Waals surface area contributed by atoms with Crippen molar-refractivity contribution in [3.05, 3.63) is 48.1 Å². The maximum Gasteiger partial charge on any atom is 0.193 e. The zero-order valence-corrected chi connectivity index (χ0v) is 19.2. The van der Waals surface area contributed by atoms with Gasteiger partial charge in [0.15, 0.2) is 17.5 Å². The van der Waals surface area contributed by atoms with Gasteiger partial charge in [0.1, 0.15) is 12.4 Å². The minimum Gasteiger partial charge on any atom is -0.486 e. The first-order chi connectivity index (χ1) is 13.7. The molecular weight excluding hydrogens is 488 g/mol. The van der Waals surface area contributed by atoms with E-state index in [-0.39, 0.29) is 41.6 Å². The summed E-state index contributed by atoms with van der Waals surface area (Å²) in [5.41, 5.74) is 0.951. The lowest BCUT2D eigenvalue weighted by atomic mass is 10.2. The van der Waals surface area contributed by atoms with Crippen molar-refractivity contribution in [3.63, 3.8) is 0 Å². The fraction of sp³-hybridized carbons (Fsp3) is 0.500. The van der Waals surface area contributed by atoms with E-state index in [0.717, 1.165) is 50.8 Å². The third-order valence-corrected chi connectivity index (χ3v) is 4.83. The second-order valence-electron chi connectivity index (χ2n) is 6.76. The lowest BCUT2D eigenvalue weighted by Gasteiger charge is -2.36. The molecule has 0 saturated carbocycles. The van der Waals surface area contributed by atoms with Gasteiger partial charge in [-0.1, -0.05) is 24.2 Å². The predicted molar refractivity (Wildman–Crippen MR) is 121 cm³/mol. The molecule has 2 heterocycles. The number of nitrogens with one attached hydrogen (secondary N) is 1. The van der Waals surface area contributed by atoms with Crippen LogP contribution in [0.25, 0.3) is 0 Å². The van der Waals surface area contributed by atoms with Gasteiger partial charge in [-0.05, 0) is 18.6 Å². The van der Waals surface area contributed by atoms with Crippen molar-refractivity contribution >= 4 is 29.9 Å². The number of ether oxygens (including phenoxy) is 1. The summed E-state index contributed by atoms with van der Waals surface area (Å²) in [5, 5.41) is 7.35. The minimum absolute atomic E-state index is 0. The highest BCUT2D eigenvalue weighted by atomic mass is 127. The highest BCUT2D eigenvalue weighted by Crippen LogP contribution is 2.18. The van der Waals surface area contributed by atoms with Gasteiger partial charge in [0.25, 0.3) is 0 Å². The molecule has 0 radical (unpaired) electrons. The molecule has 1 N–H and O–H groups in total. The smallest absolute Gasteiger partial charge is 0.193 e. The van der Waals surface area contributed by atoms with Crippen molar-refractivity contribution in [2.75, 3.05) is 39.8 Å². The van der Waals surface area contributed by atoms with Crippen LogP contribution >= 0.6 is 24.0 Å². The number of rotatable bonds is 7. The summed E-state index contributed by atoms with van der Waals surface area (Å²) in [4.78, 5) is 8.98. The van der Waals surface area contributed by atoms with Gasteiger partial charge in [-0.2, -0.15) is 0 Å². The Labute approximate surface area is 188 Å². The topological polar surface area (TPSA) is 66.1 Å². The molecule has 1 aliphatic heterocycles. The first-order valence-corrected chi connectivity index (χ1v) is 9.68. The molecule has 2 aromatic rings. The second kappa shape index (κ2) is 12.0. The van der Waals surface area contributed by atoms with E-state index in [9.17, 15) is 4.39 Å². The summed E-state index contributed by atoms with van der Waals surface area (Å²) in [6, 6.07) is 8.39. The van der Waals surface area contributed by atoms with Gasteiger partial charge in [0.2, 0.25) is 0 Å². The van der Waals surface area contributed by atoms with Crippen molar-refractivity contribution in [1.82, 2.24) is 20.3 Å². The van der Waals surface area contributed by atoms with Crippen LogP contribution in [-0.4, -0.2) is 66.8 Å². The monoisotopic (exact) mass is 517 g/mol. The maximum absolute atomic E-state index is 13.8. The number of aliphatic imine (C=N–C) groups is 1. The Hall–Kier alpha value is -1.88. The summed E-state index contributed by atoms with van der Waals surface area (Å²) in [5.74, 6) is 0.790. The first-order valence-electron chi connectivity index (χ1n) is 9.68. The van der Waals surface area contributed by atoms with Crippen molar-refractivity contribution in [2.24, 2.45) is 4.99 Å². The van der Waals surface area contributed by atoms with Crippen LogP contribution in [0.2, 0.25) is 0 Å². The van der Waals surface area contributed by atoms with E-state index < -0.39 is 0 Å². The molecule has 0 amide bonds. The minimum atomic E-state index is -0.339. The molecule has 0 spiro atoms. The number of para-hydroxylation sites is 1. The Morgan fingerprint density at radius 1 is 1.28 bits per heavy atom. The molecule has 1 fully saturated rings. The molecule has 1 saturated heterocycles. The number of halogens is 2. The molecule has 1 aliphatic rings. The number of benzene rings is 1. The number of guanidine groups is 1. The van der Waals surface area contributed by atoms with E-state index >= 15 is 0 Å². The van der Waals surface area contributed by atoms with Gasteiger partial charge in [-0.3, -0.25) is 9.89 Å². The molecular formula is C20H29FIN5O2. The third-order valence-electron chi connectivity index (χ3n) is 4.83. The molecule has 3 rings (SSSR count). The second-order valence-corrected chi connectivity index (χ2v) is 6.76. The van der Waals surface area contributed by atoms with E-state index in [0.29, 0.717) is 6.54 Å². The van der Waals surface area contributed by atoms with Crippen LogP contribution in [0.5, 0.6) is 5.75 Å². The average Bonchev–Trinajstić information content (AvgIpc) is 3.23. The fourth-order valence-corrected chi connectivity index (χ4v) is 3.19. The van der Waals surface area contributed by atoms with E-state index in [4.69, 9.17) is 9.26 Å². The molecule has 1 atom stereocenters. The van der Waals surface area contributed by atoms with Crippen LogP contribution in [0.3, 0.4) is 0 Å². The van der Waals surface area contributed by atoms with E-state index in [1.807, 2.05) is 13.0 Å². The number of aromatic nitrogens is 1. The summed E-state index contributed by atoms with van der Waals surface area (Å²) in [7, 11) is 1.78. The van der Waals surface area contributed by atoms with Gasteiger partial charge < -0.3 is 19.5 Å².